The molecule has 2 nitrogen and oxygen atoms in total. The van der Waals surface area contributed by atoms with E-state index in [0.29, 0.717) is 0 Å². The van der Waals surface area contributed by atoms with Gasteiger partial charge in [0.1, 0.15) is 0 Å². The van der Waals surface area contributed by atoms with E-state index in [1.54, 1.807) is 18.6 Å². The molecule has 0 fully saturated rings. The van der Waals surface area contributed by atoms with E-state index in [1.165, 1.54) is 0 Å². The lowest BCUT2D eigenvalue weighted by Gasteiger charge is -1.83. The van der Waals surface area contributed by atoms with Crippen LogP contribution < -0.4 is 0 Å². The van der Waals surface area contributed by atoms with Gasteiger partial charge in [0.2, 0.25) is 0 Å². The van der Waals surface area contributed by atoms with Crippen molar-refractivity contribution in [2.45, 2.75) is 20.8 Å². The lowest BCUT2D eigenvalue weighted by molar-refractivity contribution is 1.27. The second-order valence-electron chi connectivity index (χ2n) is 1.57. The van der Waals surface area contributed by atoms with E-state index < -0.39 is 0 Å². The lowest BCUT2D eigenvalue weighted by Crippen LogP contribution is -1.67. The molecule has 0 heterocycles. The second-order valence-corrected chi connectivity index (χ2v) is 1.57. The van der Waals surface area contributed by atoms with Gasteiger partial charge in [-0.25, -0.2) is 0 Å². The van der Waals surface area contributed by atoms with Gasteiger partial charge in [-0.1, -0.05) is 0 Å². The smallest absolute Gasteiger partial charge is 0.0550 e. The van der Waals surface area contributed by atoms with Crippen molar-refractivity contribution in [2.75, 3.05) is 0 Å². The molecule has 0 aromatic heterocycles. The molecule has 0 unspecified atom stereocenters. The number of allylic oxidation sites excluding steroid dienone is 1. The fraction of sp³-hybridized carbons (Fsp3) is 0.429. The third-order valence-corrected chi connectivity index (χ3v) is 0.743. The number of nitrogens with zero attached hydrogens (tertiary/aromatic N) is 2. The Bertz CT molecular complexity index is 143. The molecule has 0 aliphatic rings. The molecule has 0 atom stereocenters. The van der Waals surface area contributed by atoms with Crippen molar-refractivity contribution in [3.8, 4) is 0 Å². The van der Waals surface area contributed by atoms with E-state index in [1.807, 2.05) is 20.8 Å². The summed E-state index contributed by atoms with van der Waals surface area (Å²) in [5, 5.41) is 0. The van der Waals surface area contributed by atoms with Crippen molar-refractivity contribution in [1.29, 1.82) is 0 Å². The summed E-state index contributed by atoms with van der Waals surface area (Å²) in [6, 6.07) is 0. The van der Waals surface area contributed by atoms with Crippen LogP contribution in [0.5, 0.6) is 0 Å². The maximum atomic E-state index is 3.98. The SMILES string of the molecule is C\C=N/C(C)=C\N=C\C. The van der Waals surface area contributed by atoms with Crippen LogP contribution in [-0.4, -0.2) is 12.4 Å². The van der Waals surface area contributed by atoms with Gasteiger partial charge in [0.15, 0.2) is 0 Å². The van der Waals surface area contributed by atoms with Gasteiger partial charge in [-0.3, -0.25) is 9.98 Å². The molecule has 0 aliphatic carbocycles. The van der Waals surface area contributed by atoms with Crippen molar-refractivity contribution < 1.29 is 0 Å². The van der Waals surface area contributed by atoms with Crippen LogP contribution in [0.4, 0.5) is 0 Å². The molecule has 0 aromatic carbocycles. The van der Waals surface area contributed by atoms with Crippen LogP contribution in [0.3, 0.4) is 0 Å². The zero-order chi connectivity index (χ0) is 7.11. The highest BCUT2D eigenvalue weighted by molar-refractivity contribution is 5.56. The van der Waals surface area contributed by atoms with Crippen LogP contribution in [-0.2, 0) is 0 Å². The molecule has 2 heteroatoms. The van der Waals surface area contributed by atoms with Crippen molar-refractivity contribution in [1.82, 2.24) is 0 Å². The third-order valence-electron chi connectivity index (χ3n) is 0.743. The summed E-state index contributed by atoms with van der Waals surface area (Å²) in [5.74, 6) is 0. The summed E-state index contributed by atoms with van der Waals surface area (Å²) < 4.78 is 0. The minimum Gasteiger partial charge on any atom is -0.267 e. The zero-order valence-corrected chi connectivity index (χ0v) is 6.13. The van der Waals surface area contributed by atoms with Gasteiger partial charge in [0, 0.05) is 18.6 Å². The molecule has 0 aliphatic heterocycles. The first kappa shape index (κ1) is 8.08. The van der Waals surface area contributed by atoms with Gasteiger partial charge in [0.05, 0.1) is 5.70 Å². The summed E-state index contributed by atoms with van der Waals surface area (Å²) in [6.45, 7) is 5.67. The summed E-state index contributed by atoms with van der Waals surface area (Å²) in [7, 11) is 0. The lowest BCUT2D eigenvalue weighted by atomic mass is 10.5. The third kappa shape index (κ3) is 4.94. The maximum absolute atomic E-state index is 3.98. The van der Waals surface area contributed by atoms with E-state index in [9.17, 15) is 0 Å². The fourth-order valence-corrected chi connectivity index (χ4v) is 0.419. The number of aliphatic imine (C=N–C) groups is 2. The average Bonchev–Trinajstić information content (AvgIpc) is 1.85. The first-order chi connectivity index (χ1) is 4.31. The van der Waals surface area contributed by atoms with Crippen LogP contribution in [0.15, 0.2) is 21.9 Å². The minimum atomic E-state index is 0.926. The van der Waals surface area contributed by atoms with Crippen molar-refractivity contribution >= 4 is 12.4 Å². The first-order valence-electron chi connectivity index (χ1n) is 2.94. The Hall–Kier alpha value is -0.920. The van der Waals surface area contributed by atoms with E-state index in [-0.39, 0.29) is 0 Å². The molecule has 0 radical (unpaired) electrons. The summed E-state index contributed by atoms with van der Waals surface area (Å²) >= 11 is 0. The Morgan fingerprint density at radius 3 is 2.33 bits per heavy atom. The molecule has 9 heavy (non-hydrogen) atoms. The van der Waals surface area contributed by atoms with Gasteiger partial charge in [-0.2, -0.15) is 0 Å². The topological polar surface area (TPSA) is 24.7 Å². The average molecular weight is 124 g/mol. The molecule has 50 valence electrons. The monoisotopic (exact) mass is 124 g/mol. The van der Waals surface area contributed by atoms with Gasteiger partial charge in [0.25, 0.3) is 0 Å². The van der Waals surface area contributed by atoms with Crippen LogP contribution in [0.2, 0.25) is 0 Å². The largest absolute Gasteiger partial charge is 0.267 e. The summed E-state index contributed by atoms with van der Waals surface area (Å²) in [4.78, 5) is 7.87. The number of hydrogen-bond acceptors (Lipinski definition) is 2. The predicted octanol–water partition coefficient (Wildman–Crippen LogP) is 2.03. The Morgan fingerprint density at radius 1 is 1.22 bits per heavy atom. The van der Waals surface area contributed by atoms with E-state index in [2.05, 4.69) is 9.98 Å². The van der Waals surface area contributed by atoms with Crippen molar-refractivity contribution in [3.63, 3.8) is 0 Å². The second kappa shape index (κ2) is 5.22. The molecular weight excluding hydrogens is 112 g/mol. The normalized spacial score (nSPS) is 13.9. The quantitative estimate of drug-likeness (QED) is 0.503. The van der Waals surface area contributed by atoms with Crippen LogP contribution in [0.1, 0.15) is 20.8 Å². The summed E-state index contributed by atoms with van der Waals surface area (Å²) in [5.41, 5.74) is 0.926. The van der Waals surface area contributed by atoms with Gasteiger partial charge in [-0.15, -0.1) is 0 Å². The molecule has 0 aromatic rings. The van der Waals surface area contributed by atoms with Crippen LogP contribution >= 0.6 is 0 Å². The molecule has 0 saturated carbocycles. The standard InChI is InChI=1S/C7H12N2/c1-4-8-6-7(3)9-5-2/h4-6H,1-3H3/b7-6-,8-4+,9-5-. The Labute approximate surface area is 56.0 Å². The van der Waals surface area contributed by atoms with E-state index in [0.717, 1.165) is 5.70 Å². The molecular formula is C7H12N2. The molecule has 0 rings (SSSR count). The molecule has 0 amide bonds. The zero-order valence-electron chi connectivity index (χ0n) is 6.13. The fourth-order valence-electron chi connectivity index (χ4n) is 0.419. The molecule has 0 bridgehead atoms. The van der Waals surface area contributed by atoms with Gasteiger partial charge in [-0.05, 0) is 20.8 Å². The van der Waals surface area contributed by atoms with Crippen LogP contribution in [0, 0.1) is 0 Å². The molecule has 0 N–H and O–H groups in total. The highest BCUT2D eigenvalue weighted by Crippen LogP contribution is 1.91. The summed E-state index contributed by atoms with van der Waals surface area (Å²) in [6.07, 6.45) is 5.20. The van der Waals surface area contributed by atoms with E-state index >= 15 is 0 Å². The number of rotatable bonds is 2. The molecule has 0 spiro atoms. The van der Waals surface area contributed by atoms with Crippen molar-refractivity contribution in [2.24, 2.45) is 9.98 Å². The van der Waals surface area contributed by atoms with Gasteiger partial charge >= 0.3 is 0 Å². The molecule has 0 saturated heterocycles. The predicted molar refractivity (Wildman–Crippen MR) is 42.1 cm³/mol. The van der Waals surface area contributed by atoms with E-state index in [4.69, 9.17) is 0 Å². The maximum Gasteiger partial charge on any atom is 0.0550 e. The number of hydrogen-bond donors (Lipinski definition) is 0. The van der Waals surface area contributed by atoms with Gasteiger partial charge < -0.3 is 0 Å². The Kier molecular flexibility index (Phi) is 4.69. The highest BCUT2D eigenvalue weighted by atomic mass is 14.8. The highest BCUT2D eigenvalue weighted by Gasteiger charge is 1.74. The Balaban J connectivity index is 3.84. The minimum absolute atomic E-state index is 0.926. The first-order valence-corrected chi connectivity index (χ1v) is 2.94. The van der Waals surface area contributed by atoms with Crippen LogP contribution in [0.25, 0.3) is 0 Å². The Morgan fingerprint density at radius 2 is 1.89 bits per heavy atom. The van der Waals surface area contributed by atoms with Crippen molar-refractivity contribution in [3.05, 3.63) is 11.9 Å².